The minimum absolute atomic E-state index is 0. The number of benzene rings is 1. The van der Waals surface area contributed by atoms with Crippen molar-refractivity contribution in [2.45, 2.75) is 43.8 Å². The maximum atomic E-state index is 12.1. The van der Waals surface area contributed by atoms with Crippen molar-refractivity contribution in [3.63, 3.8) is 0 Å². The summed E-state index contributed by atoms with van der Waals surface area (Å²) < 4.78 is 0. The molecule has 3 rings (SSSR count). The highest BCUT2D eigenvalue weighted by molar-refractivity contribution is 5.85. The van der Waals surface area contributed by atoms with E-state index >= 15 is 0 Å². The van der Waals surface area contributed by atoms with Crippen LogP contribution in [0.2, 0.25) is 0 Å². The highest BCUT2D eigenvalue weighted by Gasteiger charge is 2.47. The van der Waals surface area contributed by atoms with Crippen LogP contribution in [0.15, 0.2) is 30.3 Å². The molecular weight excluding hydrogens is 302 g/mol. The molecule has 1 aliphatic carbocycles. The minimum atomic E-state index is -0.535. The standard InChI is InChI=1S/C16H21N3O2.ClH/c1-10(17)16(21)18-12-7-15(20)19(9-12)14-8-13(14)11-5-3-2-4-6-11;/h2-6,10,12-14H,7-9,17H2,1H3,(H,18,21);1H/t10-,12?,13?,14?;/m1./s1. The Kier molecular flexibility index (Phi) is 5.08. The third kappa shape index (κ3) is 3.42. The van der Waals surface area contributed by atoms with Gasteiger partial charge in [0.25, 0.3) is 0 Å². The Labute approximate surface area is 136 Å². The van der Waals surface area contributed by atoms with E-state index in [9.17, 15) is 9.59 Å². The second-order valence-corrected chi connectivity index (χ2v) is 6.06. The van der Waals surface area contributed by atoms with Crippen molar-refractivity contribution in [2.75, 3.05) is 6.54 Å². The zero-order valence-electron chi connectivity index (χ0n) is 12.6. The fourth-order valence-corrected chi connectivity index (χ4v) is 3.07. The molecule has 2 aliphatic rings. The Morgan fingerprint density at radius 2 is 2.05 bits per heavy atom. The van der Waals surface area contributed by atoms with E-state index < -0.39 is 6.04 Å². The number of nitrogens with two attached hydrogens (primary N) is 1. The van der Waals surface area contributed by atoms with Crippen LogP contribution in [0.25, 0.3) is 0 Å². The third-order valence-corrected chi connectivity index (χ3v) is 4.30. The molecule has 3 N–H and O–H groups in total. The van der Waals surface area contributed by atoms with E-state index in [0.29, 0.717) is 18.9 Å². The number of nitrogens with one attached hydrogen (secondary N) is 1. The van der Waals surface area contributed by atoms with E-state index in [2.05, 4.69) is 17.4 Å². The highest BCUT2D eigenvalue weighted by Crippen LogP contribution is 2.45. The van der Waals surface area contributed by atoms with E-state index in [-0.39, 0.29) is 36.3 Å². The fraction of sp³-hybridized carbons (Fsp3) is 0.500. The molecular formula is C16H22ClN3O2. The van der Waals surface area contributed by atoms with Gasteiger partial charge in [-0.3, -0.25) is 9.59 Å². The molecule has 6 heteroatoms. The zero-order chi connectivity index (χ0) is 15.0. The van der Waals surface area contributed by atoms with Crippen molar-refractivity contribution in [2.24, 2.45) is 5.73 Å². The van der Waals surface area contributed by atoms with Crippen molar-refractivity contribution in [1.29, 1.82) is 0 Å². The number of rotatable bonds is 4. The Morgan fingerprint density at radius 1 is 1.36 bits per heavy atom. The molecule has 2 amide bonds. The van der Waals surface area contributed by atoms with Gasteiger partial charge in [-0.15, -0.1) is 12.4 Å². The monoisotopic (exact) mass is 323 g/mol. The lowest BCUT2D eigenvalue weighted by Crippen LogP contribution is -2.45. The number of carbonyl (C=O) groups excluding carboxylic acids is 2. The molecule has 1 saturated carbocycles. The number of carbonyl (C=O) groups is 2. The number of amides is 2. The number of likely N-dealkylation sites (tertiary alicyclic amines) is 1. The Balaban J connectivity index is 0.00000176. The molecule has 1 aromatic carbocycles. The first-order chi connectivity index (χ1) is 10.1. The maximum absolute atomic E-state index is 12.1. The van der Waals surface area contributed by atoms with Crippen LogP contribution in [0.3, 0.4) is 0 Å². The molecule has 1 aliphatic heterocycles. The summed E-state index contributed by atoms with van der Waals surface area (Å²) in [5.74, 6) is 0.386. The lowest BCUT2D eigenvalue weighted by molar-refractivity contribution is -0.128. The van der Waals surface area contributed by atoms with Crippen LogP contribution in [-0.4, -0.2) is 41.4 Å². The fourth-order valence-electron chi connectivity index (χ4n) is 3.07. The molecule has 5 nitrogen and oxygen atoms in total. The first-order valence-electron chi connectivity index (χ1n) is 7.46. The van der Waals surface area contributed by atoms with Gasteiger partial charge < -0.3 is 16.0 Å². The summed E-state index contributed by atoms with van der Waals surface area (Å²) in [5, 5.41) is 2.85. The van der Waals surface area contributed by atoms with Crippen LogP contribution in [0.1, 0.15) is 31.2 Å². The Hall–Kier alpha value is -1.59. The SMILES string of the molecule is C[C@@H](N)C(=O)NC1CC(=O)N(C2CC2c2ccccc2)C1.Cl. The minimum Gasteiger partial charge on any atom is -0.350 e. The molecule has 1 aromatic rings. The van der Waals surface area contributed by atoms with Crippen LogP contribution < -0.4 is 11.1 Å². The smallest absolute Gasteiger partial charge is 0.236 e. The van der Waals surface area contributed by atoms with Crippen molar-refractivity contribution in [3.8, 4) is 0 Å². The molecule has 120 valence electrons. The van der Waals surface area contributed by atoms with E-state index in [4.69, 9.17) is 5.73 Å². The molecule has 1 heterocycles. The third-order valence-electron chi connectivity index (χ3n) is 4.30. The first kappa shape index (κ1) is 16.8. The molecule has 0 radical (unpaired) electrons. The topological polar surface area (TPSA) is 75.4 Å². The summed E-state index contributed by atoms with van der Waals surface area (Å²) in [6, 6.07) is 9.93. The quantitative estimate of drug-likeness (QED) is 0.869. The zero-order valence-corrected chi connectivity index (χ0v) is 13.4. The van der Waals surface area contributed by atoms with Crippen LogP contribution in [0.4, 0.5) is 0 Å². The predicted molar refractivity (Wildman–Crippen MR) is 86.7 cm³/mol. The van der Waals surface area contributed by atoms with Crippen LogP contribution in [-0.2, 0) is 9.59 Å². The molecule has 1 saturated heterocycles. The van der Waals surface area contributed by atoms with E-state index in [1.807, 2.05) is 23.1 Å². The molecule has 0 aromatic heterocycles. The van der Waals surface area contributed by atoms with Crippen molar-refractivity contribution in [1.82, 2.24) is 10.2 Å². The van der Waals surface area contributed by atoms with Gasteiger partial charge in [0, 0.05) is 24.9 Å². The second-order valence-electron chi connectivity index (χ2n) is 6.06. The van der Waals surface area contributed by atoms with Gasteiger partial charge in [0.05, 0.1) is 12.1 Å². The Bertz CT molecular complexity index is 550. The van der Waals surface area contributed by atoms with Gasteiger partial charge in [-0.2, -0.15) is 0 Å². The maximum Gasteiger partial charge on any atom is 0.236 e. The lowest BCUT2D eigenvalue weighted by Gasteiger charge is -2.18. The molecule has 0 bridgehead atoms. The number of hydrogen-bond acceptors (Lipinski definition) is 3. The van der Waals surface area contributed by atoms with E-state index in [1.165, 1.54) is 5.56 Å². The average Bonchev–Trinajstić information content (AvgIpc) is 3.18. The van der Waals surface area contributed by atoms with Gasteiger partial charge in [0.2, 0.25) is 11.8 Å². The second kappa shape index (κ2) is 6.67. The lowest BCUT2D eigenvalue weighted by atomic mass is 10.1. The van der Waals surface area contributed by atoms with E-state index in [1.54, 1.807) is 6.92 Å². The summed E-state index contributed by atoms with van der Waals surface area (Å²) >= 11 is 0. The van der Waals surface area contributed by atoms with Gasteiger partial charge in [-0.05, 0) is 18.9 Å². The highest BCUT2D eigenvalue weighted by atomic mass is 35.5. The van der Waals surface area contributed by atoms with Crippen molar-refractivity contribution >= 4 is 24.2 Å². The predicted octanol–water partition coefficient (Wildman–Crippen LogP) is 1.03. The number of hydrogen-bond donors (Lipinski definition) is 2. The van der Waals surface area contributed by atoms with Gasteiger partial charge in [-0.1, -0.05) is 30.3 Å². The van der Waals surface area contributed by atoms with E-state index in [0.717, 1.165) is 6.42 Å². The summed E-state index contributed by atoms with van der Waals surface area (Å²) in [5.41, 5.74) is 6.83. The average molecular weight is 324 g/mol. The molecule has 3 unspecified atom stereocenters. The summed E-state index contributed by atoms with van der Waals surface area (Å²) in [7, 11) is 0. The molecule has 22 heavy (non-hydrogen) atoms. The van der Waals surface area contributed by atoms with Gasteiger partial charge in [0.1, 0.15) is 0 Å². The summed E-state index contributed by atoms with van der Waals surface area (Å²) in [6.07, 6.45) is 1.40. The number of nitrogens with zero attached hydrogens (tertiary/aromatic N) is 1. The largest absolute Gasteiger partial charge is 0.350 e. The number of halogens is 1. The summed E-state index contributed by atoms with van der Waals surface area (Å²) in [4.78, 5) is 25.7. The summed E-state index contributed by atoms with van der Waals surface area (Å²) in [6.45, 7) is 2.25. The van der Waals surface area contributed by atoms with Crippen LogP contribution >= 0.6 is 12.4 Å². The molecule has 4 atom stereocenters. The van der Waals surface area contributed by atoms with Gasteiger partial charge >= 0.3 is 0 Å². The van der Waals surface area contributed by atoms with Crippen molar-refractivity contribution < 1.29 is 9.59 Å². The molecule has 0 spiro atoms. The van der Waals surface area contributed by atoms with Gasteiger partial charge in [-0.25, -0.2) is 0 Å². The van der Waals surface area contributed by atoms with Crippen LogP contribution in [0, 0.1) is 0 Å². The Morgan fingerprint density at radius 3 is 2.68 bits per heavy atom. The van der Waals surface area contributed by atoms with Crippen LogP contribution in [0.5, 0.6) is 0 Å². The normalized spacial score (nSPS) is 28.0. The first-order valence-corrected chi connectivity index (χ1v) is 7.46. The van der Waals surface area contributed by atoms with Crippen molar-refractivity contribution in [3.05, 3.63) is 35.9 Å². The molecule has 2 fully saturated rings. The van der Waals surface area contributed by atoms with Gasteiger partial charge in [0.15, 0.2) is 0 Å².